The lowest BCUT2D eigenvalue weighted by molar-refractivity contribution is -0.109. The Labute approximate surface area is 316 Å². The van der Waals surface area contributed by atoms with Crippen molar-refractivity contribution in [3.05, 3.63) is 25.3 Å². The molecule has 53 heavy (non-hydrogen) atoms. The third kappa shape index (κ3) is 13.6. The molecule has 4 rings (SSSR count). The average Bonchev–Trinajstić information content (AvgIpc) is 3.71. The van der Waals surface area contributed by atoms with E-state index in [0.29, 0.717) is 65.2 Å². The van der Waals surface area contributed by atoms with Gasteiger partial charge in [0.15, 0.2) is 33.2 Å². The number of carbonyl (C=O) groups excluding carboxylic acids is 2. The van der Waals surface area contributed by atoms with Gasteiger partial charge in [0.25, 0.3) is 15.0 Å². The van der Waals surface area contributed by atoms with Crippen molar-refractivity contribution in [3.8, 4) is 0 Å². The number of thioether (sulfide) groups is 2. The Balaban J connectivity index is 0.000000286. The van der Waals surface area contributed by atoms with Gasteiger partial charge in [0.05, 0.1) is 45.1 Å². The highest BCUT2D eigenvalue weighted by Gasteiger charge is 2.28. The quantitative estimate of drug-likeness (QED) is 0.0959. The molecular formula is C29H48N12O8P2S2. The molecule has 294 valence electrons. The minimum Gasteiger partial charge on any atom is -0.382 e. The van der Waals surface area contributed by atoms with Crippen LogP contribution in [0.2, 0.25) is 0 Å². The number of rotatable bonds is 20. The van der Waals surface area contributed by atoms with Gasteiger partial charge in [0.1, 0.15) is 36.4 Å². The van der Waals surface area contributed by atoms with Crippen LogP contribution in [0, 0.1) is 0 Å². The molecule has 0 spiro atoms. The second kappa shape index (κ2) is 21.2. The Morgan fingerprint density at radius 2 is 1.23 bits per heavy atom. The van der Waals surface area contributed by atoms with Gasteiger partial charge < -0.3 is 39.1 Å². The number of anilines is 2. The number of imidazole rings is 2. The zero-order chi connectivity index (χ0) is 39.2. The predicted octanol–water partition coefficient (Wildman–Crippen LogP) is 3.26. The number of carbonyl (C=O) groups is 2. The van der Waals surface area contributed by atoms with E-state index in [1.165, 1.54) is 35.8 Å². The third-order valence-corrected chi connectivity index (χ3v) is 13.3. The summed E-state index contributed by atoms with van der Waals surface area (Å²) in [6.07, 6.45) is 5.63. The molecule has 0 aliphatic rings. The van der Waals surface area contributed by atoms with Crippen molar-refractivity contribution in [2.75, 3.05) is 83.7 Å². The highest BCUT2D eigenvalue weighted by molar-refractivity contribution is 8.13. The summed E-state index contributed by atoms with van der Waals surface area (Å²) < 4.78 is 54.8. The first-order valence-corrected chi connectivity index (χ1v) is 21.7. The van der Waals surface area contributed by atoms with Gasteiger partial charge in [-0.05, 0) is 35.1 Å². The zero-order valence-electron chi connectivity index (χ0n) is 30.9. The van der Waals surface area contributed by atoms with Gasteiger partial charge in [0, 0.05) is 31.9 Å². The lowest BCUT2D eigenvalue weighted by Gasteiger charge is -2.26. The third-order valence-electron chi connectivity index (χ3n) is 7.15. The lowest BCUT2D eigenvalue weighted by Crippen LogP contribution is -2.22. The molecule has 4 aromatic rings. The second-order valence-corrected chi connectivity index (χ2v) is 19.4. The fraction of sp³-hybridized carbons (Fsp3) is 0.586. The number of ether oxygens (including phenoxy) is 2. The summed E-state index contributed by atoms with van der Waals surface area (Å²) in [5, 5.41) is 0.00158. The van der Waals surface area contributed by atoms with E-state index in [9.17, 15) is 18.7 Å². The summed E-state index contributed by atoms with van der Waals surface area (Å²) in [6, 6.07) is 0. The molecule has 0 aliphatic heterocycles. The second-order valence-electron chi connectivity index (χ2n) is 11.7. The van der Waals surface area contributed by atoms with Crippen molar-refractivity contribution in [3.63, 3.8) is 0 Å². The maximum absolute atomic E-state index is 12.9. The van der Waals surface area contributed by atoms with Crippen LogP contribution in [-0.2, 0) is 50.3 Å². The van der Waals surface area contributed by atoms with Gasteiger partial charge in [0.2, 0.25) is 0 Å². The van der Waals surface area contributed by atoms with E-state index in [1.807, 2.05) is 11.5 Å². The molecule has 0 amide bonds. The van der Waals surface area contributed by atoms with E-state index in [0.717, 1.165) is 23.5 Å². The summed E-state index contributed by atoms with van der Waals surface area (Å²) in [5.74, 6) is 1.55. The Hall–Kier alpha value is -3.04. The van der Waals surface area contributed by atoms with Crippen molar-refractivity contribution < 1.29 is 37.2 Å². The highest BCUT2D eigenvalue weighted by Crippen LogP contribution is 2.49. The Kier molecular flexibility index (Phi) is 17.7. The molecule has 2 unspecified atom stereocenters. The molecule has 3 atom stereocenters. The molecule has 0 bridgehead atoms. The predicted molar refractivity (Wildman–Crippen MR) is 206 cm³/mol. The lowest BCUT2D eigenvalue weighted by atomic mass is 10.4. The van der Waals surface area contributed by atoms with E-state index in [2.05, 4.69) is 29.9 Å². The molecule has 0 saturated heterocycles. The average molecular weight is 819 g/mol. The standard InChI is InChI=1S/C15H25N6O4PS.C14H23N6O4PS/c1-11(7-21-9-19-13-14(16)17-8-18-15(13)21)24-10-26(23,20(3)4)25-5-6-27-12(2)22;1-11(21)26-7-6-24-25(22,19(2)3)10-23-5-4-20-9-18-12-13(15)16-8-17-14(12)20/h8-9,11H,5-7,10H2,1-4H3,(H2,16,17,18);8-9H,4-7,10H2,1-3H3,(H2,15,16,17)/t11-,26?;/m1./s1. The molecule has 0 aliphatic carbocycles. The first kappa shape index (κ1) is 44.4. The molecule has 0 saturated carbocycles. The minimum absolute atomic E-state index is 0.000150. The topological polar surface area (TPSA) is 251 Å². The highest BCUT2D eigenvalue weighted by atomic mass is 32.2. The van der Waals surface area contributed by atoms with Crippen LogP contribution in [0.1, 0.15) is 20.8 Å². The number of aromatic nitrogens is 8. The summed E-state index contributed by atoms with van der Waals surface area (Å²) in [7, 11) is 0.464. The molecule has 0 radical (unpaired) electrons. The van der Waals surface area contributed by atoms with Gasteiger partial charge in [-0.15, -0.1) is 0 Å². The van der Waals surface area contributed by atoms with E-state index >= 15 is 0 Å². The number of hydrogen-bond donors (Lipinski definition) is 2. The van der Waals surface area contributed by atoms with Crippen molar-refractivity contribution in [1.82, 2.24) is 48.4 Å². The Morgan fingerprint density at radius 1 is 0.755 bits per heavy atom. The molecule has 4 N–H and O–H groups in total. The van der Waals surface area contributed by atoms with Gasteiger partial charge in [-0.1, -0.05) is 23.5 Å². The van der Waals surface area contributed by atoms with Crippen molar-refractivity contribution in [2.45, 2.75) is 40.0 Å². The first-order chi connectivity index (χ1) is 25.1. The Bertz CT molecular complexity index is 1900. The summed E-state index contributed by atoms with van der Waals surface area (Å²) in [6.45, 7) is 6.49. The maximum atomic E-state index is 12.9. The van der Waals surface area contributed by atoms with Crippen LogP contribution in [0.5, 0.6) is 0 Å². The number of fused-ring (bicyclic) bond motifs is 2. The largest absolute Gasteiger partial charge is 0.382 e. The molecule has 24 heteroatoms. The SMILES string of the molecule is CC(=O)SCCOP(=O)(COCCn1cnc2c(N)ncnc21)N(C)C.CC(=O)SCCOP(=O)(CO[C@H](C)Cn1cnc2c(N)ncnc21)N(C)C. The van der Waals surface area contributed by atoms with Crippen LogP contribution in [0.15, 0.2) is 25.3 Å². The smallest absolute Gasteiger partial charge is 0.297 e. The molecule has 4 aromatic heterocycles. The number of nitrogens with two attached hydrogens (primary N) is 2. The number of hydrogen-bond acceptors (Lipinski definition) is 18. The van der Waals surface area contributed by atoms with Crippen molar-refractivity contribution in [1.29, 1.82) is 0 Å². The molecule has 0 aromatic carbocycles. The maximum Gasteiger partial charge on any atom is 0.297 e. The van der Waals surface area contributed by atoms with Crippen LogP contribution >= 0.6 is 38.6 Å². The van der Waals surface area contributed by atoms with Gasteiger partial charge >= 0.3 is 0 Å². The number of nitrogen functional groups attached to an aromatic ring is 2. The minimum atomic E-state index is -3.14. The molecular weight excluding hydrogens is 770 g/mol. The van der Waals surface area contributed by atoms with Crippen molar-refractivity contribution >= 4 is 82.8 Å². The fourth-order valence-corrected chi connectivity index (χ4v) is 8.04. The van der Waals surface area contributed by atoms with Crippen LogP contribution in [0.25, 0.3) is 22.3 Å². The monoisotopic (exact) mass is 818 g/mol. The Morgan fingerprint density at radius 3 is 1.72 bits per heavy atom. The normalized spacial score (nSPS) is 14.6. The number of nitrogens with zero attached hydrogens (tertiary/aromatic N) is 10. The zero-order valence-corrected chi connectivity index (χ0v) is 34.3. The van der Waals surface area contributed by atoms with Crippen LogP contribution < -0.4 is 11.5 Å². The van der Waals surface area contributed by atoms with Crippen LogP contribution in [0.4, 0.5) is 11.6 Å². The van der Waals surface area contributed by atoms with Crippen molar-refractivity contribution in [2.24, 2.45) is 0 Å². The molecule has 20 nitrogen and oxygen atoms in total. The van der Waals surface area contributed by atoms with Crippen LogP contribution in [0.3, 0.4) is 0 Å². The summed E-state index contributed by atoms with van der Waals surface area (Å²) >= 11 is 2.27. The van der Waals surface area contributed by atoms with Gasteiger partial charge in [-0.25, -0.2) is 39.2 Å². The summed E-state index contributed by atoms with van der Waals surface area (Å²) in [4.78, 5) is 46.4. The molecule has 4 heterocycles. The van der Waals surface area contributed by atoms with E-state index < -0.39 is 15.0 Å². The molecule has 0 fully saturated rings. The fourth-order valence-electron chi connectivity index (χ4n) is 4.26. The van der Waals surface area contributed by atoms with E-state index in [-0.39, 0.29) is 42.2 Å². The first-order valence-electron chi connectivity index (χ1n) is 16.2. The van der Waals surface area contributed by atoms with E-state index in [1.54, 1.807) is 45.4 Å². The van der Waals surface area contributed by atoms with Gasteiger partial charge in [-0.3, -0.25) is 18.7 Å². The summed E-state index contributed by atoms with van der Waals surface area (Å²) in [5.41, 5.74) is 13.9. The van der Waals surface area contributed by atoms with Gasteiger partial charge in [-0.2, -0.15) is 0 Å². The van der Waals surface area contributed by atoms with E-state index in [4.69, 9.17) is 30.0 Å². The van der Waals surface area contributed by atoms with Crippen LogP contribution in [-0.4, -0.2) is 137 Å².